The Bertz CT molecular complexity index is 1440. The first-order valence-corrected chi connectivity index (χ1v) is 12.8. The van der Waals surface area contributed by atoms with Crippen LogP contribution in [0.3, 0.4) is 0 Å². The van der Waals surface area contributed by atoms with Gasteiger partial charge >= 0.3 is 5.97 Å². The van der Waals surface area contributed by atoms with E-state index in [4.69, 9.17) is 9.47 Å². The van der Waals surface area contributed by atoms with Crippen LogP contribution in [0.2, 0.25) is 0 Å². The van der Waals surface area contributed by atoms with Crippen LogP contribution in [0.15, 0.2) is 92.9 Å². The molecule has 4 aromatic carbocycles. The van der Waals surface area contributed by atoms with Gasteiger partial charge in [-0.15, -0.1) is 0 Å². The summed E-state index contributed by atoms with van der Waals surface area (Å²) in [6.45, 7) is 2.23. The number of carbonyl (C=O) groups is 2. The summed E-state index contributed by atoms with van der Waals surface area (Å²) < 4.78 is 13.0. The van der Waals surface area contributed by atoms with Crippen molar-refractivity contribution in [3.05, 3.63) is 104 Å². The van der Waals surface area contributed by atoms with Crippen molar-refractivity contribution in [3.8, 4) is 11.5 Å². The summed E-state index contributed by atoms with van der Waals surface area (Å²) >= 11 is 6.90. The van der Waals surface area contributed by atoms with E-state index in [1.165, 1.54) is 6.21 Å². The van der Waals surface area contributed by atoms with E-state index in [9.17, 15) is 9.59 Å². The molecule has 0 bridgehead atoms. The molecule has 0 unspecified atom stereocenters. The lowest BCUT2D eigenvalue weighted by Gasteiger charge is -2.11. The highest BCUT2D eigenvalue weighted by Gasteiger charge is 2.13. The first-order valence-electron chi connectivity index (χ1n) is 11.2. The fraction of sp³-hybridized carbons (Fsp3) is 0.107. The maximum atomic E-state index is 12.5. The number of esters is 1. The Hall–Kier alpha value is -3.49. The highest BCUT2D eigenvalue weighted by atomic mass is 79.9. The molecule has 0 spiro atoms. The summed E-state index contributed by atoms with van der Waals surface area (Å²) in [6.07, 6.45) is 1.71. The molecule has 1 N–H and O–H groups in total. The first kappa shape index (κ1) is 25.6. The zero-order valence-corrected chi connectivity index (χ0v) is 22.5. The van der Waals surface area contributed by atoms with Gasteiger partial charge in [0.1, 0.15) is 0 Å². The summed E-state index contributed by atoms with van der Waals surface area (Å²) in [5.74, 6) is -0.0194. The Labute approximate surface area is 225 Å². The number of rotatable bonds is 8. The van der Waals surface area contributed by atoms with Gasteiger partial charge in [0.15, 0.2) is 11.5 Å². The number of amides is 1. The smallest absolute Gasteiger partial charge is 0.343 e. The van der Waals surface area contributed by atoms with E-state index in [0.717, 1.165) is 25.3 Å². The normalized spacial score (nSPS) is 11.0. The minimum atomic E-state index is -0.488. The van der Waals surface area contributed by atoms with Crippen LogP contribution in [0, 0.1) is 0 Å². The molecule has 0 aliphatic heterocycles. The van der Waals surface area contributed by atoms with E-state index in [2.05, 4.69) is 42.4 Å². The molecule has 1 amide bonds. The van der Waals surface area contributed by atoms with Crippen LogP contribution in [-0.4, -0.2) is 24.7 Å². The number of benzene rings is 4. The molecular weight excluding hydrogens is 588 g/mol. The second-order valence-corrected chi connectivity index (χ2v) is 9.53. The van der Waals surface area contributed by atoms with Crippen LogP contribution in [-0.2, 0) is 11.2 Å². The van der Waals surface area contributed by atoms with Gasteiger partial charge in [-0.05, 0) is 77.4 Å². The number of ether oxygens (including phenoxy) is 2. The van der Waals surface area contributed by atoms with Crippen molar-refractivity contribution in [1.82, 2.24) is 5.43 Å². The van der Waals surface area contributed by atoms with Gasteiger partial charge in [-0.3, -0.25) is 4.79 Å². The Kier molecular flexibility index (Phi) is 8.51. The standard InChI is InChI=1S/C28H22Br2N2O4/c1-2-35-26-15-18(7-14-25(26)36-28(34)19-8-11-21(29)12-9-19)17-31-32-27(33)16-20-10-13-24(30)23-6-4-3-5-22(20)23/h3-15,17H,2,16H2,1H3,(H,32,33). The molecule has 182 valence electrons. The largest absolute Gasteiger partial charge is 0.490 e. The molecule has 8 heteroatoms. The minimum absolute atomic E-state index is 0.195. The van der Waals surface area contributed by atoms with Gasteiger partial charge in [-0.2, -0.15) is 5.10 Å². The Morgan fingerprint density at radius 2 is 1.67 bits per heavy atom. The van der Waals surface area contributed by atoms with E-state index in [1.807, 2.05) is 43.3 Å². The van der Waals surface area contributed by atoms with Crippen molar-refractivity contribution in [2.75, 3.05) is 6.61 Å². The summed E-state index contributed by atoms with van der Waals surface area (Å²) in [6, 6.07) is 23.7. The van der Waals surface area contributed by atoms with Crippen molar-refractivity contribution in [2.24, 2.45) is 5.10 Å². The van der Waals surface area contributed by atoms with Gasteiger partial charge in [0.25, 0.3) is 0 Å². The zero-order valence-electron chi connectivity index (χ0n) is 19.3. The molecule has 6 nitrogen and oxygen atoms in total. The molecule has 0 aromatic heterocycles. The number of hydrazone groups is 1. The third-order valence-corrected chi connectivity index (χ3v) is 6.49. The highest BCUT2D eigenvalue weighted by molar-refractivity contribution is 9.11. The average molecular weight is 610 g/mol. The third-order valence-electron chi connectivity index (χ3n) is 5.27. The molecule has 0 saturated carbocycles. The van der Waals surface area contributed by atoms with Gasteiger partial charge < -0.3 is 9.47 Å². The Morgan fingerprint density at radius 1 is 0.917 bits per heavy atom. The predicted octanol–water partition coefficient (Wildman–Crippen LogP) is 6.68. The second-order valence-electron chi connectivity index (χ2n) is 7.76. The lowest BCUT2D eigenvalue weighted by molar-refractivity contribution is -0.120. The number of nitrogens with one attached hydrogen (secondary N) is 1. The highest BCUT2D eigenvalue weighted by Crippen LogP contribution is 2.29. The van der Waals surface area contributed by atoms with E-state index in [-0.39, 0.29) is 12.3 Å². The Morgan fingerprint density at radius 3 is 2.42 bits per heavy atom. The molecule has 0 aliphatic carbocycles. The molecule has 0 aliphatic rings. The van der Waals surface area contributed by atoms with Crippen LogP contribution in [0.1, 0.15) is 28.4 Å². The first-order chi connectivity index (χ1) is 17.4. The SMILES string of the molecule is CCOc1cc(C=NNC(=O)Cc2ccc(Br)c3ccccc23)ccc1OC(=O)c1ccc(Br)cc1. The number of halogens is 2. The van der Waals surface area contributed by atoms with Crippen LogP contribution >= 0.6 is 31.9 Å². The lowest BCUT2D eigenvalue weighted by Crippen LogP contribution is -2.20. The lowest BCUT2D eigenvalue weighted by atomic mass is 10.0. The van der Waals surface area contributed by atoms with Crippen LogP contribution in [0.4, 0.5) is 0 Å². The van der Waals surface area contributed by atoms with Crippen molar-refractivity contribution in [2.45, 2.75) is 13.3 Å². The topological polar surface area (TPSA) is 77.0 Å². The third kappa shape index (κ3) is 6.38. The van der Waals surface area contributed by atoms with E-state index >= 15 is 0 Å². The fourth-order valence-electron chi connectivity index (χ4n) is 3.57. The van der Waals surface area contributed by atoms with Crippen LogP contribution in [0.5, 0.6) is 11.5 Å². The number of hydrogen-bond acceptors (Lipinski definition) is 5. The molecule has 0 atom stereocenters. The quantitative estimate of drug-likeness (QED) is 0.105. The molecule has 4 rings (SSSR count). The molecule has 36 heavy (non-hydrogen) atoms. The molecular formula is C28H22Br2N2O4. The molecule has 0 heterocycles. The summed E-state index contributed by atoms with van der Waals surface area (Å²) in [5, 5.41) is 6.15. The summed E-state index contributed by atoms with van der Waals surface area (Å²) in [4.78, 5) is 25.0. The maximum Gasteiger partial charge on any atom is 0.343 e. The van der Waals surface area contributed by atoms with Gasteiger partial charge in [0.05, 0.1) is 24.8 Å². The maximum absolute atomic E-state index is 12.5. The van der Waals surface area contributed by atoms with Crippen molar-refractivity contribution in [1.29, 1.82) is 0 Å². The zero-order chi connectivity index (χ0) is 25.5. The number of hydrogen-bond donors (Lipinski definition) is 1. The van der Waals surface area contributed by atoms with E-state index < -0.39 is 5.97 Å². The monoisotopic (exact) mass is 608 g/mol. The number of nitrogens with zero attached hydrogens (tertiary/aromatic N) is 1. The number of carbonyl (C=O) groups excluding carboxylic acids is 2. The van der Waals surface area contributed by atoms with Gasteiger partial charge in [0.2, 0.25) is 5.91 Å². The van der Waals surface area contributed by atoms with Crippen LogP contribution < -0.4 is 14.9 Å². The van der Waals surface area contributed by atoms with Gasteiger partial charge in [0, 0.05) is 8.95 Å². The van der Waals surface area contributed by atoms with E-state index in [1.54, 1.807) is 42.5 Å². The van der Waals surface area contributed by atoms with Crippen molar-refractivity contribution >= 4 is 60.7 Å². The fourth-order valence-corrected chi connectivity index (χ4v) is 4.31. The van der Waals surface area contributed by atoms with Gasteiger partial charge in [-0.1, -0.05) is 62.2 Å². The molecule has 4 aromatic rings. The van der Waals surface area contributed by atoms with Crippen molar-refractivity contribution < 1.29 is 19.1 Å². The number of fused-ring (bicyclic) bond motifs is 1. The summed E-state index contributed by atoms with van der Waals surface area (Å²) in [5.41, 5.74) is 4.59. The molecule has 0 saturated heterocycles. The molecule has 0 radical (unpaired) electrons. The van der Waals surface area contributed by atoms with Crippen molar-refractivity contribution in [3.63, 3.8) is 0 Å². The summed E-state index contributed by atoms with van der Waals surface area (Å²) in [7, 11) is 0. The molecule has 0 fully saturated rings. The second kappa shape index (κ2) is 12.0. The van der Waals surface area contributed by atoms with E-state index in [0.29, 0.717) is 29.2 Å². The Balaban J connectivity index is 1.42. The predicted molar refractivity (Wildman–Crippen MR) is 148 cm³/mol. The minimum Gasteiger partial charge on any atom is -0.490 e. The van der Waals surface area contributed by atoms with Gasteiger partial charge in [-0.25, -0.2) is 10.2 Å². The van der Waals surface area contributed by atoms with Crippen LogP contribution in [0.25, 0.3) is 10.8 Å². The average Bonchev–Trinajstić information content (AvgIpc) is 2.88.